The lowest BCUT2D eigenvalue weighted by Crippen LogP contribution is -2.57. The van der Waals surface area contributed by atoms with Crippen molar-refractivity contribution in [2.75, 3.05) is 6.61 Å². The Labute approximate surface area is 110 Å². The molecule has 4 atom stereocenters. The average molecular weight is 250 g/mol. The number of rotatable bonds is 0. The van der Waals surface area contributed by atoms with Gasteiger partial charge < -0.3 is 4.74 Å². The van der Waals surface area contributed by atoms with Crippen LogP contribution in [0.15, 0.2) is 0 Å². The summed E-state index contributed by atoms with van der Waals surface area (Å²) in [5, 5.41) is 0. The molecule has 0 spiro atoms. The van der Waals surface area contributed by atoms with E-state index in [2.05, 4.69) is 27.7 Å². The molecule has 2 saturated carbocycles. The van der Waals surface area contributed by atoms with E-state index in [1.807, 2.05) is 0 Å². The van der Waals surface area contributed by atoms with Crippen LogP contribution in [0, 0.1) is 22.7 Å². The monoisotopic (exact) mass is 250 g/mol. The zero-order valence-corrected chi connectivity index (χ0v) is 12.2. The van der Waals surface area contributed by atoms with Crippen LogP contribution < -0.4 is 0 Å². The molecule has 3 rings (SSSR count). The average Bonchev–Trinajstić information content (AvgIpc) is 2.54. The summed E-state index contributed by atoms with van der Waals surface area (Å²) in [6.07, 6.45) is 6.07. The number of ketones is 1. The van der Waals surface area contributed by atoms with Crippen molar-refractivity contribution in [3.8, 4) is 0 Å². The maximum Gasteiger partial charge on any atom is 0.164 e. The summed E-state index contributed by atoms with van der Waals surface area (Å²) in [6.45, 7) is 9.69. The zero-order chi connectivity index (χ0) is 13.2. The van der Waals surface area contributed by atoms with E-state index in [0.29, 0.717) is 23.7 Å². The second kappa shape index (κ2) is 3.59. The van der Waals surface area contributed by atoms with Gasteiger partial charge in [0.2, 0.25) is 0 Å². The topological polar surface area (TPSA) is 26.3 Å². The minimum Gasteiger partial charge on any atom is -0.367 e. The lowest BCUT2D eigenvalue weighted by Gasteiger charge is -2.59. The van der Waals surface area contributed by atoms with Crippen LogP contribution in [-0.2, 0) is 9.53 Å². The van der Waals surface area contributed by atoms with E-state index in [9.17, 15) is 4.79 Å². The Kier molecular flexibility index (Phi) is 2.53. The number of carbonyl (C=O) groups is 1. The minimum atomic E-state index is -0.171. The highest BCUT2D eigenvalue weighted by molar-refractivity contribution is 5.86. The number of hydrogen-bond donors (Lipinski definition) is 0. The fraction of sp³-hybridized carbons (Fsp3) is 0.938. The second-order valence-electron chi connectivity index (χ2n) is 7.94. The number of fused-ring (bicyclic) bond motifs is 3. The smallest absolute Gasteiger partial charge is 0.164 e. The minimum absolute atomic E-state index is 0.142. The van der Waals surface area contributed by atoms with E-state index < -0.39 is 0 Å². The summed E-state index contributed by atoms with van der Waals surface area (Å²) in [6, 6.07) is 0. The Hall–Kier alpha value is -0.370. The molecule has 3 fully saturated rings. The molecule has 1 heterocycles. The Morgan fingerprint density at radius 1 is 1.11 bits per heavy atom. The van der Waals surface area contributed by atoms with Gasteiger partial charge >= 0.3 is 0 Å². The molecule has 0 radical (unpaired) electrons. The third kappa shape index (κ3) is 1.47. The van der Waals surface area contributed by atoms with Crippen LogP contribution in [0.25, 0.3) is 0 Å². The zero-order valence-electron chi connectivity index (χ0n) is 12.2. The van der Waals surface area contributed by atoms with E-state index in [1.165, 1.54) is 25.7 Å². The summed E-state index contributed by atoms with van der Waals surface area (Å²) in [5.74, 6) is 1.19. The van der Waals surface area contributed by atoms with Crippen LogP contribution in [0.4, 0.5) is 0 Å². The van der Waals surface area contributed by atoms with Crippen LogP contribution in [0.3, 0.4) is 0 Å². The number of Topliss-reactive ketones (excluding diaryl/α,β-unsaturated/α-hetero) is 1. The largest absolute Gasteiger partial charge is 0.367 e. The summed E-state index contributed by atoms with van der Waals surface area (Å²) < 4.78 is 5.89. The lowest BCUT2D eigenvalue weighted by molar-refractivity contribution is -0.155. The molecule has 0 bridgehead atoms. The summed E-state index contributed by atoms with van der Waals surface area (Å²) in [7, 11) is 0. The standard InChI is InChI=1S/C16H26O2/c1-14(2)7-5-8-15(3)12(14)6-9-16(4)13(15)11(17)10-18-16/h12-13H,5-10H2,1-4H3/t12-,13+,15-,16+/m0/s1. The van der Waals surface area contributed by atoms with Gasteiger partial charge in [0.25, 0.3) is 0 Å². The molecular weight excluding hydrogens is 224 g/mol. The number of ether oxygens (including phenoxy) is 1. The molecule has 2 nitrogen and oxygen atoms in total. The van der Waals surface area contributed by atoms with Gasteiger partial charge in [-0.3, -0.25) is 4.79 Å². The van der Waals surface area contributed by atoms with Crippen molar-refractivity contribution in [2.45, 2.75) is 65.4 Å². The van der Waals surface area contributed by atoms with E-state index in [4.69, 9.17) is 4.74 Å². The van der Waals surface area contributed by atoms with E-state index in [-0.39, 0.29) is 16.9 Å². The molecule has 0 aromatic rings. The normalized spacial score (nSPS) is 50.8. The fourth-order valence-electron chi connectivity index (χ4n) is 5.69. The fourth-order valence-corrected chi connectivity index (χ4v) is 5.69. The van der Waals surface area contributed by atoms with Gasteiger partial charge in [-0.15, -0.1) is 0 Å². The molecule has 0 amide bonds. The van der Waals surface area contributed by atoms with Crippen LogP contribution in [0.5, 0.6) is 0 Å². The molecule has 1 saturated heterocycles. The third-order valence-corrected chi connectivity index (χ3v) is 6.34. The van der Waals surface area contributed by atoms with Gasteiger partial charge in [-0.2, -0.15) is 0 Å². The first-order valence-electron chi connectivity index (χ1n) is 7.46. The molecular formula is C16H26O2. The van der Waals surface area contributed by atoms with Gasteiger partial charge in [0.15, 0.2) is 5.78 Å². The molecule has 0 unspecified atom stereocenters. The molecule has 0 aromatic carbocycles. The highest BCUT2D eigenvalue weighted by Crippen LogP contribution is 2.63. The Balaban J connectivity index is 2.04. The predicted molar refractivity (Wildman–Crippen MR) is 71.3 cm³/mol. The van der Waals surface area contributed by atoms with Gasteiger partial charge in [0.1, 0.15) is 6.61 Å². The van der Waals surface area contributed by atoms with Crippen LogP contribution in [0.1, 0.15) is 59.8 Å². The molecule has 1 aliphatic heterocycles. The predicted octanol–water partition coefficient (Wildman–Crippen LogP) is 3.59. The quantitative estimate of drug-likeness (QED) is 0.657. The van der Waals surface area contributed by atoms with Gasteiger partial charge in [-0.05, 0) is 49.4 Å². The SMILES string of the molecule is CC1(C)CCC[C@]2(C)[C@H]3C(=O)CO[C@]3(C)CC[C@@H]12. The van der Waals surface area contributed by atoms with Gasteiger partial charge in [-0.25, -0.2) is 0 Å². The van der Waals surface area contributed by atoms with Crippen molar-refractivity contribution in [1.29, 1.82) is 0 Å². The van der Waals surface area contributed by atoms with Crippen LogP contribution in [0.2, 0.25) is 0 Å². The van der Waals surface area contributed by atoms with Gasteiger partial charge in [-0.1, -0.05) is 27.2 Å². The number of hydrogen-bond acceptors (Lipinski definition) is 2. The molecule has 3 aliphatic rings. The van der Waals surface area contributed by atoms with E-state index in [0.717, 1.165) is 6.42 Å². The molecule has 0 N–H and O–H groups in total. The van der Waals surface area contributed by atoms with Crippen LogP contribution in [-0.4, -0.2) is 18.0 Å². The molecule has 18 heavy (non-hydrogen) atoms. The van der Waals surface area contributed by atoms with Crippen molar-refractivity contribution in [1.82, 2.24) is 0 Å². The van der Waals surface area contributed by atoms with Crippen molar-refractivity contribution in [3.05, 3.63) is 0 Å². The lowest BCUT2D eigenvalue weighted by atomic mass is 9.45. The molecule has 0 aromatic heterocycles. The molecule has 2 heteroatoms. The van der Waals surface area contributed by atoms with E-state index >= 15 is 0 Å². The highest BCUT2D eigenvalue weighted by atomic mass is 16.5. The van der Waals surface area contributed by atoms with Crippen molar-refractivity contribution >= 4 is 5.78 Å². The van der Waals surface area contributed by atoms with Crippen molar-refractivity contribution in [2.24, 2.45) is 22.7 Å². The maximum atomic E-state index is 12.4. The van der Waals surface area contributed by atoms with Crippen molar-refractivity contribution in [3.63, 3.8) is 0 Å². The first-order valence-corrected chi connectivity index (χ1v) is 7.46. The first-order chi connectivity index (χ1) is 8.30. The number of carbonyl (C=O) groups excluding carboxylic acids is 1. The summed E-state index contributed by atoms with van der Waals surface area (Å²) in [4.78, 5) is 12.4. The van der Waals surface area contributed by atoms with Gasteiger partial charge in [0.05, 0.1) is 11.5 Å². The van der Waals surface area contributed by atoms with Gasteiger partial charge in [0, 0.05) is 0 Å². The van der Waals surface area contributed by atoms with Crippen LogP contribution >= 0.6 is 0 Å². The maximum absolute atomic E-state index is 12.4. The first kappa shape index (κ1) is 12.7. The highest BCUT2D eigenvalue weighted by Gasteiger charge is 2.63. The summed E-state index contributed by atoms with van der Waals surface area (Å²) in [5.41, 5.74) is 0.384. The Morgan fingerprint density at radius 3 is 2.56 bits per heavy atom. The summed E-state index contributed by atoms with van der Waals surface area (Å²) >= 11 is 0. The Morgan fingerprint density at radius 2 is 1.83 bits per heavy atom. The molecule has 102 valence electrons. The van der Waals surface area contributed by atoms with E-state index in [1.54, 1.807) is 0 Å². The Bertz CT molecular complexity index is 387. The molecule has 2 aliphatic carbocycles. The third-order valence-electron chi connectivity index (χ3n) is 6.34. The van der Waals surface area contributed by atoms with Crippen molar-refractivity contribution < 1.29 is 9.53 Å². The second-order valence-corrected chi connectivity index (χ2v) is 7.94.